The van der Waals surface area contributed by atoms with Crippen LogP contribution in [-0.4, -0.2) is 39.0 Å². The monoisotopic (exact) mass is 527 g/mol. The van der Waals surface area contributed by atoms with Crippen LogP contribution < -0.4 is 10.3 Å². The number of esters is 1. The third kappa shape index (κ3) is 6.61. The van der Waals surface area contributed by atoms with E-state index in [1.807, 2.05) is 0 Å². The fraction of sp³-hybridized carbons (Fsp3) is 0.375. The van der Waals surface area contributed by atoms with Crippen molar-refractivity contribution in [2.24, 2.45) is 0 Å². The molecule has 2 aromatic heterocycles. The third-order valence-corrected chi connectivity index (χ3v) is 5.31. The van der Waals surface area contributed by atoms with Crippen molar-refractivity contribution in [3.63, 3.8) is 0 Å². The Kier molecular flexibility index (Phi) is 7.62. The summed E-state index contributed by atoms with van der Waals surface area (Å²) in [4.78, 5) is 26.0. The fourth-order valence-corrected chi connectivity index (χ4v) is 3.81. The van der Waals surface area contributed by atoms with E-state index in [1.165, 1.54) is 30.3 Å². The van der Waals surface area contributed by atoms with Gasteiger partial charge in [0.05, 0.1) is 30.2 Å². The Hall–Kier alpha value is -2.91. The largest absolute Gasteiger partial charge is 0.495 e. The van der Waals surface area contributed by atoms with E-state index in [0.29, 0.717) is 33.8 Å². The maximum atomic E-state index is 14.0. The smallest absolute Gasteiger partial charge is 0.329 e. The van der Waals surface area contributed by atoms with E-state index >= 15 is 0 Å². The summed E-state index contributed by atoms with van der Waals surface area (Å²) in [5.74, 6) is -4.04. The van der Waals surface area contributed by atoms with Crippen LogP contribution in [0.3, 0.4) is 0 Å². The molecule has 0 N–H and O–H groups in total. The van der Waals surface area contributed by atoms with Crippen molar-refractivity contribution >= 4 is 29.2 Å². The van der Waals surface area contributed by atoms with Gasteiger partial charge in [-0.3, -0.25) is 9.36 Å². The number of benzene rings is 1. The van der Waals surface area contributed by atoms with Crippen molar-refractivity contribution < 1.29 is 23.0 Å². The summed E-state index contributed by atoms with van der Waals surface area (Å²) in [6, 6.07) is 4.57. The zero-order valence-corrected chi connectivity index (χ0v) is 21.3. The molecule has 1 aromatic carbocycles. The van der Waals surface area contributed by atoms with Gasteiger partial charge >= 0.3 is 5.97 Å². The predicted octanol–water partition coefficient (Wildman–Crippen LogP) is 5.94. The molecule has 0 radical (unpaired) electrons. The minimum atomic E-state index is -3.24. The number of halogens is 4. The number of alkyl halides is 2. The summed E-state index contributed by atoms with van der Waals surface area (Å²) in [7, 11) is 1.36. The summed E-state index contributed by atoms with van der Waals surface area (Å²) < 4.78 is 41.2. The lowest BCUT2D eigenvalue weighted by atomic mass is 10.0. The molecule has 0 amide bonds. The molecular formula is C24H25Cl2F2N3O4. The lowest BCUT2D eigenvalue weighted by Crippen LogP contribution is -2.37. The van der Waals surface area contributed by atoms with Gasteiger partial charge in [0.25, 0.3) is 5.56 Å². The number of ether oxygens (including phenoxy) is 2. The van der Waals surface area contributed by atoms with Crippen LogP contribution in [0.5, 0.6) is 5.75 Å². The standard InChI is InChI=1S/C24H25Cl2F2N3O4/c1-23(2,3)35-22(33)19(10-24(4,27)28)30-13-20(34-5)17(9-21(30)32)16-8-14(25)6-7-18(16)31-12-15(26)11-29-31/h6-9,11-13,19H,10H2,1-5H3. The Morgan fingerprint density at radius 1 is 1.09 bits per heavy atom. The first-order valence-corrected chi connectivity index (χ1v) is 11.4. The first-order chi connectivity index (χ1) is 16.2. The molecule has 1 unspecified atom stereocenters. The highest BCUT2D eigenvalue weighted by Crippen LogP contribution is 2.36. The van der Waals surface area contributed by atoms with Crippen LogP contribution in [0.15, 0.2) is 47.7 Å². The van der Waals surface area contributed by atoms with Crippen LogP contribution in [0.25, 0.3) is 16.8 Å². The average Bonchev–Trinajstić information content (AvgIpc) is 3.16. The molecule has 0 saturated heterocycles. The van der Waals surface area contributed by atoms with Crippen LogP contribution in [0.4, 0.5) is 8.78 Å². The predicted molar refractivity (Wildman–Crippen MR) is 130 cm³/mol. The normalized spacial score (nSPS) is 12.9. The molecule has 0 saturated carbocycles. The number of hydrogen-bond acceptors (Lipinski definition) is 5. The lowest BCUT2D eigenvalue weighted by Gasteiger charge is -2.27. The summed E-state index contributed by atoms with van der Waals surface area (Å²) in [5.41, 5.74) is -0.296. The van der Waals surface area contributed by atoms with Crippen molar-refractivity contribution in [2.75, 3.05) is 7.11 Å². The molecule has 11 heteroatoms. The van der Waals surface area contributed by atoms with Gasteiger partial charge in [-0.25, -0.2) is 18.3 Å². The van der Waals surface area contributed by atoms with Gasteiger partial charge in [-0.15, -0.1) is 0 Å². The van der Waals surface area contributed by atoms with Gasteiger partial charge in [0, 0.05) is 34.8 Å². The van der Waals surface area contributed by atoms with E-state index < -0.39 is 35.5 Å². The zero-order valence-electron chi connectivity index (χ0n) is 19.8. The van der Waals surface area contributed by atoms with E-state index in [2.05, 4.69) is 5.10 Å². The number of methoxy groups -OCH3 is 1. The van der Waals surface area contributed by atoms with Gasteiger partial charge in [0.2, 0.25) is 5.92 Å². The Bertz CT molecular complexity index is 1290. The van der Waals surface area contributed by atoms with Crippen LogP contribution >= 0.6 is 23.2 Å². The second kappa shape index (κ2) is 9.99. The minimum absolute atomic E-state index is 0.152. The number of carbonyl (C=O) groups is 1. The van der Waals surface area contributed by atoms with Gasteiger partial charge in [-0.05, 0) is 45.9 Å². The highest BCUT2D eigenvalue weighted by Gasteiger charge is 2.36. The van der Waals surface area contributed by atoms with Crippen molar-refractivity contribution in [1.82, 2.24) is 14.3 Å². The number of aromatic nitrogens is 3. The molecule has 35 heavy (non-hydrogen) atoms. The summed E-state index contributed by atoms with van der Waals surface area (Å²) in [6.45, 7) is 5.51. The van der Waals surface area contributed by atoms with Crippen molar-refractivity contribution in [1.29, 1.82) is 0 Å². The van der Waals surface area contributed by atoms with Crippen LogP contribution in [0.1, 0.15) is 40.2 Å². The minimum Gasteiger partial charge on any atom is -0.495 e. The Morgan fingerprint density at radius 3 is 2.31 bits per heavy atom. The molecule has 1 atom stereocenters. The molecule has 188 valence electrons. The molecule has 7 nitrogen and oxygen atoms in total. The first-order valence-electron chi connectivity index (χ1n) is 10.6. The fourth-order valence-electron chi connectivity index (χ4n) is 3.51. The molecule has 3 aromatic rings. The second-order valence-corrected chi connectivity index (χ2v) is 9.96. The molecule has 0 aliphatic carbocycles. The van der Waals surface area contributed by atoms with Crippen molar-refractivity contribution in [3.05, 3.63) is 63.3 Å². The maximum absolute atomic E-state index is 14.0. The third-order valence-electron chi connectivity index (χ3n) is 4.88. The summed E-state index contributed by atoms with van der Waals surface area (Å²) in [5, 5.41) is 4.97. The summed E-state index contributed by atoms with van der Waals surface area (Å²) >= 11 is 12.2. The van der Waals surface area contributed by atoms with Gasteiger partial charge in [0.15, 0.2) is 0 Å². The van der Waals surface area contributed by atoms with Crippen molar-refractivity contribution in [2.45, 2.75) is 51.7 Å². The molecule has 0 bridgehead atoms. The first kappa shape index (κ1) is 26.7. The Balaban J connectivity index is 2.19. The van der Waals surface area contributed by atoms with E-state index in [0.717, 1.165) is 4.57 Å². The summed E-state index contributed by atoms with van der Waals surface area (Å²) in [6.07, 6.45) is 3.31. The second-order valence-electron chi connectivity index (χ2n) is 9.09. The van der Waals surface area contributed by atoms with E-state index in [1.54, 1.807) is 45.2 Å². The molecule has 3 rings (SSSR count). The van der Waals surface area contributed by atoms with Gasteiger partial charge in [-0.2, -0.15) is 5.10 Å². The van der Waals surface area contributed by atoms with E-state index in [-0.39, 0.29) is 5.75 Å². The number of carbonyl (C=O) groups excluding carboxylic acids is 1. The molecule has 0 spiro atoms. The quantitative estimate of drug-likeness (QED) is 0.355. The van der Waals surface area contributed by atoms with Crippen molar-refractivity contribution in [3.8, 4) is 22.6 Å². The Morgan fingerprint density at radius 2 is 1.77 bits per heavy atom. The maximum Gasteiger partial charge on any atom is 0.329 e. The SMILES string of the molecule is COc1cn(C(CC(C)(F)F)C(=O)OC(C)(C)C)c(=O)cc1-c1cc(Cl)ccc1-n1cc(Cl)cn1. The number of pyridine rings is 1. The zero-order chi connectivity index (χ0) is 26.1. The average molecular weight is 528 g/mol. The molecule has 0 aliphatic heterocycles. The van der Waals surface area contributed by atoms with Gasteiger partial charge < -0.3 is 9.47 Å². The van der Waals surface area contributed by atoms with Crippen LogP contribution in [0, 0.1) is 0 Å². The van der Waals surface area contributed by atoms with E-state index in [9.17, 15) is 18.4 Å². The van der Waals surface area contributed by atoms with Crippen LogP contribution in [0.2, 0.25) is 10.0 Å². The van der Waals surface area contributed by atoms with Gasteiger partial charge in [0.1, 0.15) is 17.4 Å². The Labute approximate surface area is 211 Å². The van der Waals surface area contributed by atoms with Gasteiger partial charge in [-0.1, -0.05) is 23.2 Å². The number of rotatable bonds is 7. The highest BCUT2D eigenvalue weighted by atomic mass is 35.5. The highest BCUT2D eigenvalue weighted by molar-refractivity contribution is 6.31. The number of nitrogens with zero attached hydrogens (tertiary/aromatic N) is 3. The molecular weight excluding hydrogens is 503 g/mol. The molecule has 2 heterocycles. The molecule has 0 fully saturated rings. The molecule has 0 aliphatic rings. The number of hydrogen-bond donors (Lipinski definition) is 0. The topological polar surface area (TPSA) is 75.3 Å². The lowest BCUT2D eigenvalue weighted by molar-refractivity contribution is -0.162. The van der Waals surface area contributed by atoms with Crippen LogP contribution in [-0.2, 0) is 9.53 Å². The van der Waals surface area contributed by atoms with E-state index in [4.69, 9.17) is 32.7 Å².